The number of halogens is 1. The van der Waals surface area contributed by atoms with Crippen LogP contribution in [0.1, 0.15) is 26.3 Å². The summed E-state index contributed by atoms with van der Waals surface area (Å²) >= 11 is 5.39. The predicted molar refractivity (Wildman–Crippen MR) is 65.8 cm³/mol. The fraction of sp³-hybridized carbons (Fsp3) is 0.0769. The number of rotatable bonds is 2. The lowest BCUT2D eigenvalue weighted by Crippen LogP contribution is -2.01. The fourth-order valence-electron chi connectivity index (χ4n) is 1.83. The molecule has 2 aromatic rings. The van der Waals surface area contributed by atoms with E-state index >= 15 is 0 Å². The van der Waals surface area contributed by atoms with Crippen LogP contribution in [0.25, 0.3) is 10.8 Å². The van der Waals surface area contributed by atoms with Gasteiger partial charge in [-0.2, -0.15) is 0 Å². The van der Waals surface area contributed by atoms with Crippen molar-refractivity contribution in [3.63, 3.8) is 0 Å². The standard InChI is InChI=1S/C13H9ClO3/c1-7-2-3-8-4-5-9(12(14)15)6-10(8)11(7)13(16)17/h2-6H,1H3,(H,16,17). The maximum atomic E-state index is 11.2. The highest BCUT2D eigenvalue weighted by Crippen LogP contribution is 2.24. The van der Waals surface area contributed by atoms with Crippen LogP contribution in [0.3, 0.4) is 0 Å². The monoisotopic (exact) mass is 248 g/mol. The highest BCUT2D eigenvalue weighted by molar-refractivity contribution is 6.67. The van der Waals surface area contributed by atoms with Gasteiger partial charge in [-0.1, -0.05) is 18.2 Å². The summed E-state index contributed by atoms with van der Waals surface area (Å²) in [5.41, 5.74) is 1.17. The van der Waals surface area contributed by atoms with Gasteiger partial charge in [-0.15, -0.1) is 0 Å². The second-order valence-electron chi connectivity index (χ2n) is 3.77. The number of aryl methyl sites for hydroxylation is 1. The van der Waals surface area contributed by atoms with Crippen molar-refractivity contribution >= 4 is 33.6 Å². The molecular formula is C13H9ClO3. The molecule has 0 spiro atoms. The Morgan fingerprint density at radius 3 is 2.41 bits per heavy atom. The van der Waals surface area contributed by atoms with E-state index in [0.717, 1.165) is 5.39 Å². The maximum absolute atomic E-state index is 11.2. The van der Waals surface area contributed by atoms with Crippen LogP contribution in [-0.4, -0.2) is 16.3 Å². The molecule has 0 heterocycles. The van der Waals surface area contributed by atoms with Gasteiger partial charge in [0, 0.05) is 5.56 Å². The van der Waals surface area contributed by atoms with Crippen LogP contribution < -0.4 is 0 Å². The number of carbonyl (C=O) groups excluding carboxylic acids is 1. The lowest BCUT2D eigenvalue weighted by Gasteiger charge is -2.07. The molecule has 0 aliphatic rings. The first-order valence-electron chi connectivity index (χ1n) is 4.97. The lowest BCUT2D eigenvalue weighted by atomic mass is 9.98. The SMILES string of the molecule is Cc1ccc2ccc(C(=O)Cl)cc2c1C(=O)O. The van der Waals surface area contributed by atoms with E-state index in [2.05, 4.69) is 0 Å². The number of carboxylic acids is 1. The third-order valence-corrected chi connectivity index (χ3v) is 2.89. The van der Waals surface area contributed by atoms with Crippen LogP contribution in [0.5, 0.6) is 0 Å². The molecule has 0 fully saturated rings. The Kier molecular flexibility index (Phi) is 2.86. The Bertz CT molecular complexity index is 632. The van der Waals surface area contributed by atoms with Gasteiger partial charge in [0.25, 0.3) is 5.24 Å². The normalized spacial score (nSPS) is 10.5. The Labute approximate surface area is 103 Å². The fourth-order valence-corrected chi connectivity index (χ4v) is 1.95. The third-order valence-electron chi connectivity index (χ3n) is 2.67. The van der Waals surface area contributed by atoms with Crippen LogP contribution in [0.15, 0.2) is 30.3 Å². The Hall–Kier alpha value is -1.87. The minimum absolute atomic E-state index is 0.210. The molecule has 0 aliphatic heterocycles. The average molecular weight is 249 g/mol. The molecule has 0 radical (unpaired) electrons. The Morgan fingerprint density at radius 2 is 1.82 bits per heavy atom. The van der Waals surface area contributed by atoms with Crippen molar-refractivity contribution in [3.05, 3.63) is 47.0 Å². The Morgan fingerprint density at radius 1 is 1.18 bits per heavy atom. The van der Waals surface area contributed by atoms with Gasteiger partial charge in [-0.05, 0) is 47.0 Å². The molecule has 17 heavy (non-hydrogen) atoms. The second-order valence-corrected chi connectivity index (χ2v) is 4.12. The zero-order valence-corrected chi connectivity index (χ0v) is 9.78. The van der Waals surface area contributed by atoms with E-state index < -0.39 is 11.2 Å². The van der Waals surface area contributed by atoms with E-state index in [0.29, 0.717) is 16.5 Å². The van der Waals surface area contributed by atoms with Gasteiger partial charge < -0.3 is 5.11 Å². The summed E-state index contributed by atoms with van der Waals surface area (Å²) in [6, 6.07) is 8.35. The number of hydrogen-bond acceptors (Lipinski definition) is 2. The van der Waals surface area contributed by atoms with Crippen LogP contribution >= 0.6 is 11.6 Å². The molecule has 0 bridgehead atoms. The summed E-state index contributed by atoms with van der Waals surface area (Å²) in [5.74, 6) is -1.01. The smallest absolute Gasteiger partial charge is 0.336 e. The van der Waals surface area contributed by atoms with Crippen LogP contribution in [0.4, 0.5) is 0 Å². The highest BCUT2D eigenvalue weighted by Gasteiger charge is 2.13. The summed E-state index contributed by atoms with van der Waals surface area (Å²) in [5, 5.41) is 9.89. The number of carbonyl (C=O) groups is 2. The van der Waals surface area contributed by atoms with Crippen molar-refractivity contribution in [3.8, 4) is 0 Å². The molecule has 0 amide bonds. The summed E-state index contributed by atoms with van der Waals surface area (Å²) in [4.78, 5) is 22.3. The zero-order chi connectivity index (χ0) is 12.6. The van der Waals surface area contributed by atoms with Gasteiger partial charge in [-0.3, -0.25) is 4.79 Å². The van der Waals surface area contributed by atoms with E-state index in [1.165, 1.54) is 6.07 Å². The van der Waals surface area contributed by atoms with Crippen molar-refractivity contribution in [2.45, 2.75) is 6.92 Å². The number of hydrogen-bond donors (Lipinski definition) is 1. The summed E-state index contributed by atoms with van der Waals surface area (Å²) < 4.78 is 0. The first-order chi connectivity index (χ1) is 8.00. The molecule has 0 aromatic heterocycles. The lowest BCUT2D eigenvalue weighted by molar-refractivity contribution is 0.0698. The van der Waals surface area contributed by atoms with Crippen molar-refractivity contribution in [1.82, 2.24) is 0 Å². The van der Waals surface area contributed by atoms with Crippen molar-refractivity contribution in [2.75, 3.05) is 0 Å². The van der Waals surface area contributed by atoms with Crippen LogP contribution in [-0.2, 0) is 0 Å². The molecular weight excluding hydrogens is 240 g/mol. The second kappa shape index (κ2) is 4.18. The van der Waals surface area contributed by atoms with E-state index in [9.17, 15) is 14.7 Å². The molecule has 2 rings (SSSR count). The molecule has 4 heteroatoms. The topological polar surface area (TPSA) is 54.4 Å². The van der Waals surface area contributed by atoms with Crippen molar-refractivity contribution in [2.24, 2.45) is 0 Å². The molecule has 0 aliphatic carbocycles. The summed E-state index contributed by atoms with van der Waals surface area (Å²) in [6.07, 6.45) is 0. The van der Waals surface area contributed by atoms with Gasteiger partial charge in [-0.25, -0.2) is 4.79 Å². The third kappa shape index (κ3) is 2.01. The molecule has 0 saturated carbocycles. The van der Waals surface area contributed by atoms with Crippen LogP contribution in [0.2, 0.25) is 0 Å². The van der Waals surface area contributed by atoms with E-state index in [4.69, 9.17) is 11.6 Å². The molecule has 1 N–H and O–H groups in total. The molecule has 0 atom stereocenters. The van der Waals surface area contributed by atoms with Crippen molar-refractivity contribution < 1.29 is 14.7 Å². The van der Waals surface area contributed by atoms with Gasteiger partial charge in [0.2, 0.25) is 0 Å². The quantitative estimate of drug-likeness (QED) is 0.830. The number of aromatic carboxylic acids is 1. The molecule has 2 aromatic carbocycles. The largest absolute Gasteiger partial charge is 0.478 e. The minimum Gasteiger partial charge on any atom is -0.478 e. The number of carboxylic acid groups (broad SMARTS) is 1. The molecule has 0 saturated heterocycles. The first-order valence-corrected chi connectivity index (χ1v) is 5.35. The van der Waals surface area contributed by atoms with E-state index in [1.54, 1.807) is 25.1 Å². The highest BCUT2D eigenvalue weighted by atomic mass is 35.5. The van der Waals surface area contributed by atoms with Gasteiger partial charge in [0.05, 0.1) is 5.56 Å². The average Bonchev–Trinajstić information content (AvgIpc) is 2.27. The minimum atomic E-state index is -1.01. The van der Waals surface area contributed by atoms with E-state index in [-0.39, 0.29) is 5.56 Å². The van der Waals surface area contributed by atoms with Crippen LogP contribution in [0, 0.1) is 6.92 Å². The predicted octanol–water partition coefficient (Wildman–Crippen LogP) is 3.23. The zero-order valence-electron chi connectivity index (χ0n) is 9.03. The molecule has 86 valence electrons. The Balaban J connectivity index is 2.85. The summed E-state index contributed by atoms with van der Waals surface area (Å²) in [7, 11) is 0. The summed E-state index contributed by atoms with van der Waals surface area (Å²) in [6.45, 7) is 1.72. The van der Waals surface area contributed by atoms with E-state index in [1.807, 2.05) is 6.07 Å². The number of fused-ring (bicyclic) bond motifs is 1. The van der Waals surface area contributed by atoms with Gasteiger partial charge >= 0.3 is 5.97 Å². The molecule has 3 nitrogen and oxygen atoms in total. The maximum Gasteiger partial charge on any atom is 0.336 e. The van der Waals surface area contributed by atoms with Crippen molar-refractivity contribution in [1.29, 1.82) is 0 Å². The molecule has 0 unspecified atom stereocenters. The van der Waals surface area contributed by atoms with Gasteiger partial charge in [0.15, 0.2) is 0 Å². The number of benzene rings is 2. The van der Waals surface area contributed by atoms with Gasteiger partial charge in [0.1, 0.15) is 0 Å². The first kappa shape index (κ1) is 11.6.